The van der Waals surface area contributed by atoms with E-state index in [9.17, 15) is 14.4 Å². The zero-order valence-corrected chi connectivity index (χ0v) is 46.3. The van der Waals surface area contributed by atoms with Gasteiger partial charge in [-0.15, -0.1) is 0 Å². The minimum Gasteiger partial charge on any atom is -0.462 e. The number of hydrogen-bond acceptors (Lipinski definition) is 6. The Labute approximate surface area is 433 Å². The molecular weight excluding hydrogens is 865 g/mol. The van der Waals surface area contributed by atoms with Crippen LogP contribution in [0.25, 0.3) is 0 Å². The Morgan fingerprint density at radius 1 is 0.300 bits per heavy atom. The summed E-state index contributed by atoms with van der Waals surface area (Å²) in [6.07, 6.45) is 74.9. The van der Waals surface area contributed by atoms with Crippen molar-refractivity contribution >= 4 is 17.9 Å². The lowest BCUT2D eigenvalue weighted by Gasteiger charge is -2.18. The number of carbonyl (C=O) groups excluding carboxylic acids is 3. The van der Waals surface area contributed by atoms with Gasteiger partial charge in [-0.05, 0) is 70.6 Å². The van der Waals surface area contributed by atoms with E-state index >= 15 is 0 Å². The topological polar surface area (TPSA) is 78.9 Å². The predicted octanol–water partition coefficient (Wildman–Crippen LogP) is 20.2. The van der Waals surface area contributed by atoms with Gasteiger partial charge in [-0.1, -0.05) is 280 Å². The van der Waals surface area contributed by atoms with Crippen LogP contribution in [0, 0.1) is 0 Å². The SMILES string of the molecule is CC/C=C\C/C=C\C/C=C\C/C=C\C/C=C\C/C=C\CCCCCCCCCCC(=O)OCC(COC(=O)CCCCCCCCC)OC(=O)CCCCCCCCCCCCCCCCCCCC. The lowest BCUT2D eigenvalue weighted by atomic mass is 10.0. The molecule has 0 aromatic rings. The summed E-state index contributed by atoms with van der Waals surface area (Å²) in [5, 5.41) is 0. The highest BCUT2D eigenvalue weighted by atomic mass is 16.6. The summed E-state index contributed by atoms with van der Waals surface area (Å²) in [5.41, 5.74) is 0. The highest BCUT2D eigenvalue weighted by Crippen LogP contribution is 2.16. The van der Waals surface area contributed by atoms with E-state index in [0.29, 0.717) is 19.3 Å². The molecule has 0 aliphatic heterocycles. The molecule has 0 fully saturated rings. The average molecular weight is 978 g/mol. The summed E-state index contributed by atoms with van der Waals surface area (Å²) in [7, 11) is 0. The van der Waals surface area contributed by atoms with Gasteiger partial charge in [-0.3, -0.25) is 14.4 Å². The maximum absolute atomic E-state index is 12.8. The molecule has 6 heteroatoms. The molecule has 0 radical (unpaired) electrons. The van der Waals surface area contributed by atoms with E-state index in [-0.39, 0.29) is 31.1 Å². The second kappa shape index (κ2) is 58.4. The quantitative estimate of drug-likeness (QED) is 0.0261. The molecule has 0 saturated heterocycles. The largest absolute Gasteiger partial charge is 0.462 e. The number of ether oxygens (including phenoxy) is 3. The van der Waals surface area contributed by atoms with Crippen LogP contribution in [0.3, 0.4) is 0 Å². The van der Waals surface area contributed by atoms with Gasteiger partial charge in [0, 0.05) is 19.3 Å². The Hall–Kier alpha value is -3.15. The van der Waals surface area contributed by atoms with Crippen LogP contribution >= 0.6 is 0 Å². The van der Waals surface area contributed by atoms with Crippen LogP contribution in [0.15, 0.2) is 72.9 Å². The maximum atomic E-state index is 12.8. The molecule has 0 aliphatic carbocycles. The van der Waals surface area contributed by atoms with E-state index in [1.807, 2.05) is 0 Å². The Kier molecular flexibility index (Phi) is 55.8. The van der Waals surface area contributed by atoms with Crippen molar-refractivity contribution in [3.05, 3.63) is 72.9 Å². The monoisotopic (exact) mass is 977 g/mol. The van der Waals surface area contributed by atoms with Crippen molar-refractivity contribution in [1.82, 2.24) is 0 Å². The Bertz CT molecular complexity index is 1310. The smallest absolute Gasteiger partial charge is 0.306 e. The highest BCUT2D eigenvalue weighted by molar-refractivity contribution is 5.71. The van der Waals surface area contributed by atoms with E-state index in [1.165, 1.54) is 154 Å². The molecule has 0 amide bonds. The lowest BCUT2D eigenvalue weighted by molar-refractivity contribution is -0.167. The van der Waals surface area contributed by atoms with Gasteiger partial charge in [0.2, 0.25) is 0 Å². The van der Waals surface area contributed by atoms with Gasteiger partial charge < -0.3 is 14.2 Å². The standard InChI is InChI=1S/C64H112O6/c1-4-7-10-13-16-18-20-22-24-26-28-29-30-31-32-33-34-35-36-38-39-41-43-45-48-51-54-57-63(66)69-60-61(59-68-62(65)56-53-50-47-15-12-9-6-3)70-64(67)58-55-52-49-46-44-42-40-37-27-25-23-21-19-17-14-11-8-5-2/h7,10,16,18,22,24,28-29,31-32,34-35,61H,4-6,8-9,11-15,17,19-21,23,25-27,30,33,36-60H2,1-3H3/b10-7-,18-16-,24-22-,29-28-,32-31-,35-34-. The fourth-order valence-electron chi connectivity index (χ4n) is 8.51. The third-order valence-corrected chi connectivity index (χ3v) is 13.0. The van der Waals surface area contributed by atoms with Crippen molar-refractivity contribution in [2.45, 2.75) is 303 Å². The van der Waals surface area contributed by atoms with Crippen LogP contribution in [0.2, 0.25) is 0 Å². The van der Waals surface area contributed by atoms with E-state index in [0.717, 1.165) is 103 Å². The first-order chi connectivity index (χ1) is 34.5. The van der Waals surface area contributed by atoms with Crippen LogP contribution < -0.4 is 0 Å². The van der Waals surface area contributed by atoms with Gasteiger partial charge in [0.25, 0.3) is 0 Å². The number of carbonyl (C=O) groups is 3. The van der Waals surface area contributed by atoms with Gasteiger partial charge in [0.1, 0.15) is 13.2 Å². The van der Waals surface area contributed by atoms with Crippen LogP contribution in [0.5, 0.6) is 0 Å². The van der Waals surface area contributed by atoms with Crippen LogP contribution in [-0.2, 0) is 28.6 Å². The van der Waals surface area contributed by atoms with Crippen LogP contribution in [-0.4, -0.2) is 37.2 Å². The van der Waals surface area contributed by atoms with E-state index < -0.39 is 6.10 Å². The molecule has 0 N–H and O–H groups in total. The molecule has 0 aliphatic rings. The molecule has 0 rings (SSSR count). The molecule has 0 aromatic carbocycles. The third-order valence-electron chi connectivity index (χ3n) is 13.0. The van der Waals surface area contributed by atoms with Crippen molar-refractivity contribution in [3.63, 3.8) is 0 Å². The minimum atomic E-state index is -0.774. The number of esters is 3. The summed E-state index contributed by atoms with van der Waals surface area (Å²) in [4.78, 5) is 38.0. The number of unbranched alkanes of at least 4 members (excludes halogenated alkanes) is 31. The maximum Gasteiger partial charge on any atom is 0.306 e. The van der Waals surface area contributed by atoms with Crippen molar-refractivity contribution in [2.24, 2.45) is 0 Å². The second-order valence-electron chi connectivity index (χ2n) is 19.9. The van der Waals surface area contributed by atoms with Crippen molar-refractivity contribution in [1.29, 1.82) is 0 Å². The Balaban J connectivity index is 4.16. The summed E-state index contributed by atoms with van der Waals surface area (Å²) in [5.74, 6) is -0.878. The van der Waals surface area contributed by atoms with Crippen molar-refractivity contribution < 1.29 is 28.6 Å². The lowest BCUT2D eigenvalue weighted by Crippen LogP contribution is -2.30. The molecular formula is C64H112O6. The molecule has 0 saturated carbocycles. The Morgan fingerprint density at radius 3 is 0.871 bits per heavy atom. The summed E-state index contributed by atoms with van der Waals surface area (Å²) < 4.78 is 16.8. The fraction of sp³-hybridized carbons (Fsp3) is 0.766. The third kappa shape index (κ3) is 55.8. The molecule has 1 unspecified atom stereocenters. The summed E-state index contributed by atoms with van der Waals surface area (Å²) in [6.45, 7) is 6.51. The van der Waals surface area contributed by atoms with Crippen LogP contribution in [0.4, 0.5) is 0 Å². The van der Waals surface area contributed by atoms with Gasteiger partial charge in [0.15, 0.2) is 6.10 Å². The van der Waals surface area contributed by atoms with Crippen molar-refractivity contribution in [2.75, 3.05) is 13.2 Å². The van der Waals surface area contributed by atoms with E-state index in [2.05, 4.69) is 93.7 Å². The van der Waals surface area contributed by atoms with E-state index in [4.69, 9.17) is 14.2 Å². The van der Waals surface area contributed by atoms with Crippen LogP contribution in [0.1, 0.15) is 297 Å². The first-order valence-electron chi connectivity index (χ1n) is 29.9. The molecule has 0 aromatic heterocycles. The zero-order valence-electron chi connectivity index (χ0n) is 46.3. The summed E-state index contributed by atoms with van der Waals surface area (Å²) in [6, 6.07) is 0. The molecule has 404 valence electrons. The molecule has 0 bridgehead atoms. The first kappa shape index (κ1) is 66.9. The predicted molar refractivity (Wildman–Crippen MR) is 302 cm³/mol. The van der Waals surface area contributed by atoms with E-state index in [1.54, 1.807) is 0 Å². The van der Waals surface area contributed by atoms with Crippen molar-refractivity contribution in [3.8, 4) is 0 Å². The molecule has 0 spiro atoms. The molecule has 1 atom stereocenters. The number of allylic oxidation sites excluding steroid dienone is 12. The number of rotatable bonds is 54. The number of hydrogen-bond donors (Lipinski definition) is 0. The molecule has 70 heavy (non-hydrogen) atoms. The molecule has 0 heterocycles. The summed E-state index contributed by atoms with van der Waals surface area (Å²) >= 11 is 0. The van der Waals surface area contributed by atoms with Gasteiger partial charge in [-0.2, -0.15) is 0 Å². The van der Waals surface area contributed by atoms with Gasteiger partial charge in [-0.25, -0.2) is 0 Å². The highest BCUT2D eigenvalue weighted by Gasteiger charge is 2.19. The second-order valence-corrected chi connectivity index (χ2v) is 19.9. The van der Waals surface area contributed by atoms with Gasteiger partial charge >= 0.3 is 17.9 Å². The van der Waals surface area contributed by atoms with Gasteiger partial charge in [0.05, 0.1) is 0 Å². The Morgan fingerprint density at radius 2 is 0.557 bits per heavy atom. The average Bonchev–Trinajstić information content (AvgIpc) is 3.36. The minimum absolute atomic E-state index is 0.0745. The fourth-order valence-corrected chi connectivity index (χ4v) is 8.51. The molecule has 6 nitrogen and oxygen atoms in total. The first-order valence-corrected chi connectivity index (χ1v) is 29.9. The zero-order chi connectivity index (χ0) is 50.7. The normalized spacial score (nSPS) is 12.6.